The molecule has 0 radical (unpaired) electrons. The van der Waals surface area contributed by atoms with E-state index < -0.39 is 15.1 Å². The standard InChI is InChI=1S/C26H28Cl2N2O2S/c27-22-10-8-21(9-11-22)26(33(31,32)25-14-12-23(28)13-15-25)7-4-16-29-17-19-30(20-18-29)24-5-2-1-3-6-24/h1-3,5-6,8-15,26H,4,7,16-20H2. The second-order valence-electron chi connectivity index (χ2n) is 8.35. The molecule has 1 unspecified atom stereocenters. The zero-order chi connectivity index (χ0) is 23.3. The minimum absolute atomic E-state index is 0.295. The number of sulfone groups is 1. The van der Waals surface area contributed by atoms with Gasteiger partial charge in [-0.1, -0.05) is 53.5 Å². The van der Waals surface area contributed by atoms with Gasteiger partial charge in [-0.05, 0) is 73.5 Å². The first-order valence-corrected chi connectivity index (χ1v) is 13.5. The van der Waals surface area contributed by atoms with Crippen molar-refractivity contribution in [3.63, 3.8) is 0 Å². The summed E-state index contributed by atoms with van der Waals surface area (Å²) in [7, 11) is -3.56. The quantitative estimate of drug-likeness (QED) is 0.372. The van der Waals surface area contributed by atoms with Crippen molar-refractivity contribution in [2.75, 3.05) is 37.6 Å². The molecule has 0 bridgehead atoms. The van der Waals surface area contributed by atoms with Gasteiger partial charge in [0.2, 0.25) is 0 Å². The van der Waals surface area contributed by atoms with Gasteiger partial charge in [0.05, 0.1) is 10.1 Å². The first kappa shape index (κ1) is 24.1. The molecule has 0 aliphatic carbocycles. The van der Waals surface area contributed by atoms with Crippen molar-refractivity contribution in [1.82, 2.24) is 4.90 Å². The number of piperazine rings is 1. The topological polar surface area (TPSA) is 40.6 Å². The molecular weight excluding hydrogens is 475 g/mol. The molecule has 3 aromatic rings. The third-order valence-electron chi connectivity index (χ3n) is 6.19. The molecule has 1 atom stereocenters. The van der Waals surface area contributed by atoms with Gasteiger partial charge < -0.3 is 4.90 Å². The van der Waals surface area contributed by atoms with Crippen molar-refractivity contribution in [3.8, 4) is 0 Å². The van der Waals surface area contributed by atoms with E-state index in [0.717, 1.165) is 44.7 Å². The van der Waals surface area contributed by atoms with E-state index in [-0.39, 0.29) is 0 Å². The minimum Gasteiger partial charge on any atom is -0.369 e. The average molecular weight is 503 g/mol. The lowest BCUT2D eigenvalue weighted by Gasteiger charge is -2.36. The Morgan fingerprint density at radius 3 is 1.94 bits per heavy atom. The van der Waals surface area contributed by atoms with Crippen LogP contribution in [-0.2, 0) is 9.84 Å². The Morgan fingerprint density at radius 2 is 1.33 bits per heavy atom. The van der Waals surface area contributed by atoms with Crippen LogP contribution in [0.2, 0.25) is 10.0 Å². The number of halogens is 2. The Hall–Kier alpha value is -2.05. The van der Waals surface area contributed by atoms with Crippen LogP contribution < -0.4 is 4.90 Å². The van der Waals surface area contributed by atoms with Gasteiger partial charge in [0.1, 0.15) is 0 Å². The van der Waals surface area contributed by atoms with Crippen molar-refractivity contribution in [2.45, 2.75) is 23.0 Å². The summed E-state index contributed by atoms with van der Waals surface area (Å²) >= 11 is 12.0. The maximum atomic E-state index is 13.5. The van der Waals surface area contributed by atoms with E-state index >= 15 is 0 Å². The minimum atomic E-state index is -3.56. The van der Waals surface area contributed by atoms with Gasteiger partial charge in [0.15, 0.2) is 9.84 Å². The molecule has 1 aliphatic heterocycles. The smallest absolute Gasteiger partial charge is 0.185 e. The van der Waals surface area contributed by atoms with Crippen LogP contribution in [0.25, 0.3) is 0 Å². The number of anilines is 1. The van der Waals surface area contributed by atoms with Crippen LogP contribution in [0.5, 0.6) is 0 Å². The maximum absolute atomic E-state index is 13.5. The van der Waals surface area contributed by atoms with Crippen LogP contribution in [0.15, 0.2) is 83.8 Å². The molecule has 174 valence electrons. The van der Waals surface area contributed by atoms with Crippen LogP contribution in [0.3, 0.4) is 0 Å². The highest BCUT2D eigenvalue weighted by molar-refractivity contribution is 7.91. The third-order valence-corrected chi connectivity index (χ3v) is 8.88. The fraction of sp³-hybridized carbons (Fsp3) is 0.308. The summed E-state index contributed by atoms with van der Waals surface area (Å²) in [6, 6.07) is 24.0. The summed E-state index contributed by atoms with van der Waals surface area (Å²) < 4.78 is 27.0. The largest absolute Gasteiger partial charge is 0.369 e. The van der Waals surface area contributed by atoms with Crippen molar-refractivity contribution in [1.29, 1.82) is 0 Å². The summed E-state index contributed by atoms with van der Waals surface area (Å²) in [5.41, 5.74) is 2.03. The van der Waals surface area contributed by atoms with E-state index in [1.807, 2.05) is 18.2 Å². The fourth-order valence-corrected chi connectivity index (χ4v) is 6.42. The Labute approximate surface area is 206 Å². The zero-order valence-electron chi connectivity index (χ0n) is 18.4. The second-order valence-corrected chi connectivity index (χ2v) is 11.3. The summed E-state index contributed by atoms with van der Waals surface area (Å²) in [4.78, 5) is 5.12. The van der Waals surface area contributed by atoms with Crippen LogP contribution in [0.1, 0.15) is 23.7 Å². The lowest BCUT2D eigenvalue weighted by atomic mass is 10.1. The van der Waals surface area contributed by atoms with Crippen molar-refractivity contribution < 1.29 is 8.42 Å². The van der Waals surface area contributed by atoms with Gasteiger partial charge in [-0.25, -0.2) is 8.42 Å². The Bertz CT molecular complexity index is 1130. The lowest BCUT2D eigenvalue weighted by molar-refractivity contribution is 0.252. The van der Waals surface area contributed by atoms with Crippen LogP contribution >= 0.6 is 23.2 Å². The van der Waals surface area contributed by atoms with Crippen LogP contribution in [0.4, 0.5) is 5.69 Å². The van der Waals surface area contributed by atoms with Crippen molar-refractivity contribution in [2.24, 2.45) is 0 Å². The predicted octanol–water partition coefficient (Wildman–Crippen LogP) is 6.11. The van der Waals surface area contributed by atoms with E-state index in [4.69, 9.17) is 23.2 Å². The van der Waals surface area contributed by atoms with Gasteiger partial charge in [-0.15, -0.1) is 0 Å². The van der Waals surface area contributed by atoms with E-state index in [1.54, 1.807) is 36.4 Å². The summed E-state index contributed by atoms with van der Waals surface area (Å²) in [5, 5.41) is 0.492. The Morgan fingerprint density at radius 1 is 0.758 bits per heavy atom. The van der Waals surface area contributed by atoms with Gasteiger partial charge in [0.25, 0.3) is 0 Å². The molecule has 0 saturated carbocycles. The van der Waals surface area contributed by atoms with Crippen LogP contribution in [-0.4, -0.2) is 46.0 Å². The Balaban J connectivity index is 1.41. The molecule has 3 aromatic carbocycles. The highest BCUT2D eigenvalue weighted by Gasteiger charge is 2.29. The number of benzene rings is 3. The second kappa shape index (κ2) is 10.9. The number of hydrogen-bond acceptors (Lipinski definition) is 4. The Kier molecular flexibility index (Phi) is 7.97. The number of para-hydroxylation sites is 1. The number of hydrogen-bond donors (Lipinski definition) is 0. The molecule has 7 heteroatoms. The maximum Gasteiger partial charge on any atom is 0.185 e. The molecule has 4 nitrogen and oxygen atoms in total. The molecule has 33 heavy (non-hydrogen) atoms. The first-order valence-electron chi connectivity index (χ1n) is 11.2. The summed E-state index contributed by atoms with van der Waals surface area (Å²) in [5.74, 6) is 0. The number of rotatable bonds is 8. The van der Waals surface area contributed by atoms with Crippen LogP contribution in [0, 0.1) is 0 Å². The van der Waals surface area contributed by atoms with Gasteiger partial charge >= 0.3 is 0 Å². The van der Waals surface area contributed by atoms with Crippen molar-refractivity contribution >= 4 is 38.7 Å². The van der Waals surface area contributed by atoms with E-state index in [0.29, 0.717) is 21.4 Å². The molecule has 1 fully saturated rings. The van der Waals surface area contributed by atoms with E-state index in [9.17, 15) is 8.42 Å². The molecule has 4 rings (SSSR count). The molecule has 0 spiro atoms. The van der Waals surface area contributed by atoms with E-state index in [1.165, 1.54) is 5.69 Å². The highest BCUT2D eigenvalue weighted by atomic mass is 35.5. The highest BCUT2D eigenvalue weighted by Crippen LogP contribution is 2.34. The molecule has 1 aliphatic rings. The average Bonchev–Trinajstić information content (AvgIpc) is 2.84. The summed E-state index contributed by atoms with van der Waals surface area (Å²) in [6.07, 6.45) is 1.34. The molecule has 0 amide bonds. The SMILES string of the molecule is O=S(=O)(c1ccc(Cl)cc1)C(CCCN1CCN(c2ccccc2)CC1)c1ccc(Cl)cc1. The van der Waals surface area contributed by atoms with E-state index in [2.05, 4.69) is 34.1 Å². The zero-order valence-corrected chi connectivity index (χ0v) is 20.7. The van der Waals surface area contributed by atoms with Gasteiger partial charge in [-0.2, -0.15) is 0 Å². The first-order chi connectivity index (χ1) is 15.9. The molecule has 1 heterocycles. The van der Waals surface area contributed by atoms with Gasteiger partial charge in [-0.3, -0.25) is 4.90 Å². The lowest BCUT2D eigenvalue weighted by Crippen LogP contribution is -2.46. The summed E-state index contributed by atoms with van der Waals surface area (Å²) in [6.45, 7) is 4.79. The monoisotopic (exact) mass is 502 g/mol. The normalized spacial score (nSPS) is 16.0. The van der Waals surface area contributed by atoms with Crippen molar-refractivity contribution in [3.05, 3.63) is 94.5 Å². The molecule has 1 saturated heterocycles. The molecule has 0 N–H and O–H groups in total. The fourth-order valence-electron chi connectivity index (χ4n) is 4.34. The third kappa shape index (κ3) is 6.10. The van der Waals surface area contributed by atoms with Gasteiger partial charge in [0, 0.05) is 41.9 Å². The number of nitrogens with zero attached hydrogens (tertiary/aromatic N) is 2. The molecule has 0 aromatic heterocycles. The molecular formula is C26H28Cl2N2O2S. The predicted molar refractivity (Wildman–Crippen MR) is 137 cm³/mol.